The normalized spacial score (nSPS) is 23.0. The molecule has 2 aliphatic rings. The number of H-pyrrole nitrogens is 1. The van der Waals surface area contributed by atoms with Crippen LogP contribution in [0.15, 0.2) is 48.5 Å². The molecule has 29 heavy (non-hydrogen) atoms. The molecule has 1 amide bonds. The van der Waals surface area contributed by atoms with E-state index in [4.69, 9.17) is 0 Å². The minimum atomic E-state index is -0.264. The minimum absolute atomic E-state index is 0.00769. The molecule has 7 heteroatoms. The number of hydrogen-bond acceptors (Lipinski definition) is 4. The number of hydrazine groups is 1. The van der Waals surface area contributed by atoms with Gasteiger partial charge in [-0.05, 0) is 36.6 Å². The van der Waals surface area contributed by atoms with Crippen LogP contribution >= 0.6 is 0 Å². The van der Waals surface area contributed by atoms with Crippen molar-refractivity contribution in [2.75, 3.05) is 19.6 Å². The number of amides is 1. The van der Waals surface area contributed by atoms with Gasteiger partial charge in [-0.2, -0.15) is 0 Å². The molecule has 0 radical (unpaired) electrons. The standard InChI is InChI=1S/C22H24FN5O/c23-16-6-7-18-19(12-16)26-21(25-18)15-8-10-28(11-9-15)22(29)17-13-24-27-20(17)14-4-2-1-3-5-14/h1-7,12,15,17,20,24,27H,8-11,13H2,(H,25,26). The van der Waals surface area contributed by atoms with Gasteiger partial charge in [-0.25, -0.2) is 14.8 Å². The number of piperidine rings is 1. The van der Waals surface area contributed by atoms with Crippen LogP contribution in [-0.2, 0) is 4.79 Å². The molecule has 2 aromatic carbocycles. The number of fused-ring (bicyclic) bond motifs is 1. The zero-order valence-corrected chi connectivity index (χ0v) is 16.1. The molecule has 2 saturated heterocycles. The van der Waals surface area contributed by atoms with E-state index in [0.29, 0.717) is 19.6 Å². The number of aromatic amines is 1. The third-order valence-electron chi connectivity index (χ3n) is 6.11. The Morgan fingerprint density at radius 1 is 1.10 bits per heavy atom. The van der Waals surface area contributed by atoms with E-state index >= 15 is 0 Å². The summed E-state index contributed by atoms with van der Waals surface area (Å²) in [6.07, 6.45) is 1.72. The second-order valence-corrected chi connectivity index (χ2v) is 7.90. The molecule has 5 rings (SSSR count). The second kappa shape index (κ2) is 7.57. The summed E-state index contributed by atoms with van der Waals surface area (Å²) >= 11 is 0. The lowest BCUT2D eigenvalue weighted by atomic mass is 9.91. The quantitative estimate of drug-likeness (QED) is 0.640. The number of hydrogen-bond donors (Lipinski definition) is 3. The Bertz CT molecular complexity index is 1010. The van der Waals surface area contributed by atoms with Gasteiger partial charge in [0.25, 0.3) is 0 Å². The van der Waals surface area contributed by atoms with E-state index in [1.807, 2.05) is 23.1 Å². The number of aromatic nitrogens is 2. The van der Waals surface area contributed by atoms with Crippen molar-refractivity contribution in [2.24, 2.45) is 5.92 Å². The SMILES string of the molecule is O=C(C1CNNC1c1ccccc1)N1CCC(c2nc3ccc(F)cc3[nH]2)CC1. The maximum absolute atomic E-state index is 13.4. The number of halogens is 1. The van der Waals surface area contributed by atoms with Crippen molar-refractivity contribution in [3.8, 4) is 0 Å². The van der Waals surface area contributed by atoms with Crippen LogP contribution in [0.5, 0.6) is 0 Å². The van der Waals surface area contributed by atoms with Crippen molar-refractivity contribution in [1.29, 1.82) is 0 Å². The summed E-state index contributed by atoms with van der Waals surface area (Å²) in [7, 11) is 0. The van der Waals surface area contributed by atoms with Gasteiger partial charge in [0.1, 0.15) is 11.6 Å². The number of likely N-dealkylation sites (tertiary alicyclic amines) is 1. The molecule has 2 fully saturated rings. The third-order valence-corrected chi connectivity index (χ3v) is 6.11. The average molecular weight is 393 g/mol. The van der Waals surface area contributed by atoms with Crippen LogP contribution in [0.4, 0.5) is 4.39 Å². The largest absolute Gasteiger partial charge is 0.342 e. The Labute approximate surface area is 168 Å². The van der Waals surface area contributed by atoms with Gasteiger partial charge >= 0.3 is 0 Å². The van der Waals surface area contributed by atoms with E-state index in [9.17, 15) is 9.18 Å². The molecular weight excluding hydrogens is 369 g/mol. The molecule has 3 heterocycles. The molecular formula is C22H24FN5O. The maximum Gasteiger partial charge on any atom is 0.229 e. The van der Waals surface area contributed by atoms with Gasteiger partial charge in [0, 0.05) is 25.6 Å². The smallest absolute Gasteiger partial charge is 0.229 e. The summed E-state index contributed by atoms with van der Waals surface area (Å²) in [6, 6.07) is 14.7. The van der Waals surface area contributed by atoms with Crippen LogP contribution in [0.25, 0.3) is 11.0 Å². The van der Waals surface area contributed by atoms with Gasteiger partial charge in [-0.15, -0.1) is 0 Å². The van der Waals surface area contributed by atoms with E-state index in [-0.39, 0.29) is 29.6 Å². The first kappa shape index (κ1) is 18.3. The lowest BCUT2D eigenvalue weighted by Crippen LogP contribution is -2.43. The third kappa shape index (κ3) is 3.52. The van der Waals surface area contributed by atoms with Gasteiger partial charge in [-0.3, -0.25) is 10.2 Å². The highest BCUT2D eigenvalue weighted by Crippen LogP contribution is 2.31. The first-order valence-electron chi connectivity index (χ1n) is 10.2. The lowest BCUT2D eigenvalue weighted by Gasteiger charge is -2.33. The molecule has 3 aromatic rings. The first-order valence-corrected chi connectivity index (χ1v) is 10.2. The molecule has 150 valence electrons. The Balaban J connectivity index is 1.25. The van der Waals surface area contributed by atoms with Crippen molar-refractivity contribution in [1.82, 2.24) is 25.7 Å². The van der Waals surface area contributed by atoms with Crippen molar-refractivity contribution in [2.45, 2.75) is 24.8 Å². The van der Waals surface area contributed by atoms with Crippen LogP contribution in [0, 0.1) is 11.7 Å². The van der Waals surface area contributed by atoms with Crippen LogP contribution in [0.2, 0.25) is 0 Å². The lowest BCUT2D eigenvalue weighted by molar-refractivity contribution is -0.136. The second-order valence-electron chi connectivity index (χ2n) is 7.90. The highest BCUT2D eigenvalue weighted by molar-refractivity contribution is 5.80. The Kier molecular flexibility index (Phi) is 4.77. The summed E-state index contributed by atoms with van der Waals surface area (Å²) < 4.78 is 13.4. The van der Waals surface area contributed by atoms with E-state index in [0.717, 1.165) is 35.3 Å². The molecule has 2 unspecified atom stereocenters. The number of rotatable bonds is 3. The molecule has 1 aromatic heterocycles. The summed E-state index contributed by atoms with van der Waals surface area (Å²) in [5, 5.41) is 0. The van der Waals surface area contributed by atoms with Gasteiger partial charge in [0.2, 0.25) is 5.91 Å². The molecule has 0 bridgehead atoms. The zero-order valence-electron chi connectivity index (χ0n) is 16.1. The fraction of sp³-hybridized carbons (Fsp3) is 0.364. The summed E-state index contributed by atoms with van der Waals surface area (Å²) in [4.78, 5) is 23.1. The molecule has 2 atom stereocenters. The molecule has 0 spiro atoms. The van der Waals surface area contributed by atoms with Gasteiger partial charge < -0.3 is 9.88 Å². The van der Waals surface area contributed by atoms with Crippen LogP contribution in [0.3, 0.4) is 0 Å². The predicted octanol–water partition coefficient (Wildman–Crippen LogP) is 2.87. The predicted molar refractivity (Wildman–Crippen MR) is 108 cm³/mol. The summed E-state index contributed by atoms with van der Waals surface area (Å²) in [5.41, 5.74) is 9.05. The topological polar surface area (TPSA) is 73.1 Å². The van der Waals surface area contributed by atoms with Crippen molar-refractivity contribution >= 4 is 16.9 Å². The fourth-order valence-corrected chi connectivity index (χ4v) is 4.51. The number of carbonyl (C=O) groups excluding carboxylic acids is 1. The van der Waals surface area contributed by atoms with E-state index in [1.165, 1.54) is 12.1 Å². The van der Waals surface area contributed by atoms with Gasteiger partial charge in [0.05, 0.1) is 23.0 Å². The number of benzene rings is 2. The Hall–Kier alpha value is -2.77. The van der Waals surface area contributed by atoms with Crippen molar-refractivity contribution in [3.63, 3.8) is 0 Å². The van der Waals surface area contributed by atoms with Crippen LogP contribution in [0.1, 0.15) is 36.2 Å². The summed E-state index contributed by atoms with van der Waals surface area (Å²) in [6.45, 7) is 2.06. The zero-order chi connectivity index (χ0) is 19.8. The highest BCUT2D eigenvalue weighted by atomic mass is 19.1. The van der Waals surface area contributed by atoms with Gasteiger partial charge in [0.15, 0.2) is 0 Å². The molecule has 0 saturated carbocycles. The minimum Gasteiger partial charge on any atom is -0.342 e. The van der Waals surface area contributed by atoms with Crippen molar-refractivity contribution < 1.29 is 9.18 Å². The Morgan fingerprint density at radius 2 is 1.90 bits per heavy atom. The van der Waals surface area contributed by atoms with Crippen molar-refractivity contribution in [3.05, 3.63) is 65.7 Å². The summed E-state index contributed by atoms with van der Waals surface area (Å²) in [5.74, 6) is 0.979. The maximum atomic E-state index is 13.4. The van der Waals surface area contributed by atoms with Crippen LogP contribution in [-0.4, -0.2) is 40.4 Å². The molecule has 3 N–H and O–H groups in total. The van der Waals surface area contributed by atoms with Gasteiger partial charge in [-0.1, -0.05) is 30.3 Å². The fourth-order valence-electron chi connectivity index (χ4n) is 4.51. The highest BCUT2D eigenvalue weighted by Gasteiger charge is 2.37. The molecule has 2 aliphatic heterocycles. The monoisotopic (exact) mass is 393 g/mol. The van der Waals surface area contributed by atoms with E-state index in [2.05, 4.69) is 33.0 Å². The first-order chi connectivity index (χ1) is 14.2. The van der Waals surface area contributed by atoms with E-state index in [1.54, 1.807) is 6.07 Å². The Morgan fingerprint density at radius 3 is 2.69 bits per heavy atom. The molecule has 0 aliphatic carbocycles. The molecule has 6 nitrogen and oxygen atoms in total. The number of carbonyl (C=O) groups is 1. The average Bonchev–Trinajstić information content (AvgIpc) is 3.41. The van der Waals surface area contributed by atoms with E-state index < -0.39 is 0 Å². The van der Waals surface area contributed by atoms with Crippen LogP contribution < -0.4 is 10.9 Å². The number of nitrogens with one attached hydrogen (secondary N) is 3. The number of imidazole rings is 1. The number of nitrogens with zero attached hydrogens (tertiary/aromatic N) is 2.